The van der Waals surface area contributed by atoms with E-state index in [2.05, 4.69) is 5.32 Å². The van der Waals surface area contributed by atoms with Gasteiger partial charge in [-0.25, -0.2) is 9.18 Å². The third-order valence-corrected chi connectivity index (χ3v) is 7.59. The minimum atomic E-state index is -0.966. The summed E-state index contributed by atoms with van der Waals surface area (Å²) in [6, 6.07) is 14.5. The molecule has 0 saturated carbocycles. The van der Waals surface area contributed by atoms with Crippen molar-refractivity contribution >= 4 is 40.7 Å². The maximum atomic E-state index is 13.8. The highest BCUT2D eigenvalue weighted by Crippen LogP contribution is 2.48. The van der Waals surface area contributed by atoms with E-state index in [1.807, 2.05) is 17.5 Å². The van der Waals surface area contributed by atoms with E-state index in [0.717, 1.165) is 4.88 Å². The summed E-state index contributed by atoms with van der Waals surface area (Å²) < 4.78 is 18.3. The molecule has 2 amide bonds. The van der Waals surface area contributed by atoms with Crippen molar-refractivity contribution in [1.82, 2.24) is 10.2 Å². The van der Waals surface area contributed by atoms with Crippen molar-refractivity contribution in [1.29, 1.82) is 0 Å². The molecular formula is C26H24ClFN2O4S. The van der Waals surface area contributed by atoms with Crippen molar-refractivity contribution in [2.75, 3.05) is 7.11 Å². The van der Waals surface area contributed by atoms with Crippen molar-refractivity contribution < 1.29 is 23.5 Å². The Bertz CT molecular complexity index is 1220. The molecule has 2 aromatic carbocycles. The van der Waals surface area contributed by atoms with Crippen LogP contribution in [0.4, 0.5) is 9.18 Å². The number of halogens is 2. The summed E-state index contributed by atoms with van der Waals surface area (Å²) in [5, 5.41) is 5.00. The number of nitrogens with zero attached hydrogens (tertiary/aromatic N) is 1. The predicted octanol–water partition coefficient (Wildman–Crippen LogP) is 5.48. The van der Waals surface area contributed by atoms with Crippen LogP contribution in [0.25, 0.3) is 0 Å². The van der Waals surface area contributed by atoms with E-state index in [9.17, 15) is 18.8 Å². The third-order valence-electron chi connectivity index (χ3n) is 6.31. The van der Waals surface area contributed by atoms with Crippen LogP contribution in [0.3, 0.4) is 0 Å². The highest BCUT2D eigenvalue weighted by molar-refractivity contribution is 7.10. The van der Waals surface area contributed by atoms with Crippen molar-refractivity contribution in [2.24, 2.45) is 11.8 Å². The minimum absolute atomic E-state index is 0.143. The standard InChI is InChI=1S/C26H24ClFN2O4S/c1-15-21(24(31)18-6-3-4-7-19(18)27)23(20-8-5-13-35-20)30(26(33)34-2)22(15)25(32)29-14-16-9-11-17(28)12-10-16/h3-13,15,21-23H,14H2,1-2H3,(H,29,32). The lowest BCUT2D eigenvalue weighted by molar-refractivity contribution is -0.126. The summed E-state index contributed by atoms with van der Waals surface area (Å²) in [7, 11) is 1.25. The molecule has 1 fully saturated rings. The number of carbonyl (C=O) groups excluding carboxylic acids is 3. The zero-order chi connectivity index (χ0) is 25.1. The number of ketones is 1. The van der Waals surface area contributed by atoms with Gasteiger partial charge in [-0.05, 0) is 47.2 Å². The number of ether oxygens (including phenoxy) is 1. The first-order chi connectivity index (χ1) is 16.8. The molecule has 0 aliphatic carbocycles. The molecule has 9 heteroatoms. The molecule has 0 radical (unpaired) electrons. The van der Waals surface area contributed by atoms with E-state index in [0.29, 0.717) is 16.1 Å². The fraction of sp³-hybridized carbons (Fsp3) is 0.269. The van der Waals surface area contributed by atoms with Crippen LogP contribution in [0.15, 0.2) is 66.0 Å². The van der Waals surface area contributed by atoms with Crippen molar-refractivity contribution in [3.8, 4) is 0 Å². The Balaban J connectivity index is 1.71. The van der Waals surface area contributed by atoms with Crippen molar-refractivity contribution in [3.63, 3.8) is 0 Å². The van der Waals surface area contributed by atoms with Gasteiger partial charge in [-0.3, -0.25) is 14.5 Å². The molecule has 182 valence electrons. The Hall–Kier alpha value is -3.23. The Morgan fingerprint density at radius 2 is 1.80 bits per heavy atom. The van der Waals surface area contributed by atoms with Crippen LogP contribution >= 0.6 is 22.9 Å². The molecule has 4 unspecified atom stereocenters. The molecule has 35 heavy (non-hydrogen) atoms. The van der Waals surface area contributed by atoms with Crippen LogP contribution in [0.1, 0.15) is 33.8 Å². The number of carbonyl (C=O) groups is 3. The monoisotopic (exact) mass is 514 g/mol. The van der Waals surface area contributed by atoms with Crippen LogP contribution in [0.5, 0.6) is 0 Å². The summed E-state index contributed by atoms with van der Waals surface area (Å²) >= 11 is 7.74. The third kappa shape index (κ3) is 4.94. The summed E-state index contributed by atoms with van der Waals surface area (Å²) in [5.41, 5.74) is 1.04. The number of thiophene rings is 1. The molecular weight excluding hydrogens is 491 g/mol. The van der Waals surface area contributed by atoms with Gasteiger partial charge in [-0.1, -0.05) is 48.9 Å². The van der Waals surface area contributed by atoms with Gasteiger partial charge in [0.1, 0.15) is 11.9 Å². The molecule has 1 aliphatic heterocycles. The number of rotatable bonds is 6. The largest absolute Gasteiger partial charge is 0.453 e. The van der Waals surface area contributed by atoms with Gasteiger partial charge in [-0.15, -0.1) is 11.3 Å². The van der Waals surface area contributed by atoms with Gasteiger partial charge >= 0.3 is 6.09 Å². The van der Waals surface area contributed by atoms with E-state index in [1.165, 1.54) is 35.5 Å². The summed E-state index contributed by atoms with van der Waals surface area (Å²) in [4.78, 5) is 42.4. The number of methoxy groups -OCH3 is 1. The van der Waals surface area contributed by atoms with E-state index >= 15 is 0 Å². The number of hydrogen-bond acceptors (Lipinski definition) is 5. The Labute approximate surface area is 211 Å². The van der Waals surface area contributed by atoms with Crippen molar-refractivity contribution in [3.05, 3.63) is 92.9 Å². The van der Waals surface area contributed by atoms with Gasteiger partial charge in [0.2, 0.25) is 5.91 Å². The van der Waals surface area contributed by atoms with Gasteiger partial charge in [0.05, 0.1) is 24.1 Å². The van der Waals surface area contributed by atoms with Gasteiger partial charge in [0.25, 0.3) is 0 Å². The molecule has 2 heterocycles. The fourth-order valence-corrected chi connectivity index (χ4v) is 5.77. The van der Waals surface area contributed by atoms with E-state index in [4.69, 9.17) is 16.3 Å². The summed E-state index contributed by atoms with van der Waals surface area (Å²) in [5.74, 6) is -2.32. The highest BCUT2D eigenvalue weighted by Gasteiger charge is 2.56. The molecule has 1 aromatic heterocycles. The Kier molecular flexibility index (Phi) is 7.52. The minimum Gasteiger partial charge on any atom is -0.453 e. The van der Waals surface area contributed by atoms with Crippen LogP contribution in [0, 0.1) is 17.7 Å². The van der Waals surface area contributed by atoms with Gasteiger partial charge in [0.15, 0.2) is 5.78 Å². The van der Waals surface area contributed by atoms with Crippen molar-refractivity contribution in [2.45, 2.75) is 25.6 Å². The SMILES string of the molecule is COC(=O)N1C(C(=O)NCc2ccc(F)cc2)C(C)C(C(=O)c2ccccc2Cl)C1c1cccs1. The number of nitrogens with one attached hydrogen (secondary N) is 1. The lowest BCUT2D eigenvalue weighted by Crippen LogP contribution is -2.48. The maximum absolute atomic E-state index is 13.8. The molecule has 1 aliphatic rings. The Morgan fingerprint density at radius 1 is 1.09 bits per heavy atom. The zero-order valence-electron chi connectivity index (χ0n) is 19.1. The van der Waals surface area contributed by atoms with Crippen LogP contribution in [-0.2, 0) is 16.1 Å². The average molecular weight is 515 g/mol. The van der Waals surface area contributed by atoms with E-state index < -0.39 is 35.9 Å². The predicted molar refractivity (Wildman–Crippen MR) is 132 cm³/mol. The zero-order valence-corrected chi connectivity index (χ0v) is 20.7. The second-order valence-electron chi connectivity index (χ2n) is 8.36. The molecule has 4 rings (SSSR count). The second-order valence-corrected chi connectivity index (χ2v) is 9.74. The smallest absolute Gasteiger partial charge is 0.410 e. The lowest BCUT2D eigenvalue weighted by Gasteiger charge is -2.29. The number of Topliss-reactive ketones (excluding diaryl/α,β-unsaturated/α-hetero) is 1. The first kappa shape index (κ1) is 24.9. The number of hydrogen-bond donors (Lipinski definition) is 1. The normalized spacial score (nSPS) is 21.5. The molecule has 0 bridgehead atoms. The van der Waals surface area contributed by atoms with E-state index in [1.54, 1.807) is 43.3 Å². The van der Waals surface area contributed by atoms with Gasteiger partial charge in [0, 0.05) is 17.0 Å². The first-order valence-electron chi connectivity index (χ1n) is 11.0. The first-order valence-corrected chi connectivity index (χ1v) is 12.3. The summed E-state index contributed by atoms with van der Waals surface area (Å²) in [6.45, 7) is 1.93. The highest BCUT2D eigenvalue weighted by atomic mass is 35.5. The van der Waals surface area contributed by atoms with Gasteiger partial charge in [-0.2, -0.15) is 0 Å². The average Bonchev–Trinajstić information content (AvgIpc) is 3.49. The number of benzene rings is 2. The quantitative estimate of drug-likeness (QED) is 0.442. The molecule has 6 nitrogen and oxygen atoms in total. The second kappa shape index (κ2) is 10.6. The molecule has 3 aromatic rings. The van der Waals surface area contributed by atoms with E-state index in [-0.39, 0.29) is 18.1 Å². The number of amides is 2. The lowest BCUT2D eigenvalue weighted by atomic mass is 9.82. The maximum Gasteiger partial charge on any atom is 0.410 e. The van der Waals surface area contributed by atoms with Crippen LogP contribution in [0.2, 0.25) is 5.02 Å². The fourth-order valence-electron chi connectivity index (χ4n) is 4.67. The van der Waals surface area contributed by atoms with Gasteiger partial charge < -0.3 is 10.1 Å². The number of likely N-dealkylation sites (tertiary alicyclic amines) is 1. The Morgan fingerprint density at radius 3 is 2.43 bits per heavy atom. The van der Waals surface area contributed by atoms with Crippen LogP contribution < -0.4 is 5.32 Å². The topological polar surface area (TPSA) is 75.7 Å². The summed E-state index contributed by atoms with van der Waals surface area (Å²) in [6.07, 6.45) is -0.702. The molecule has 4 atom stereocenters. The van der Waals surface area contributed by atoms with Crippen LogP contribution in [-0.4, -0.2) is 35.8 Å². The molecule has 1 N–H and O–H groups in total. The molecule has 1 saturated heterocycles. The molecule has 0 spiro atoms.